The molecule has 0 radical (unpaired) electrons. The molecule has 0 aliphatic carbocycles. The van der Waals surface area contributed by atoms with Gasteiger partial charge in [-0.15, -0.1) is 0 Å². The molecule has 1 amide bonds. The van der Waals surface area contributed by atoms with Gasteiger partial charge in [-0.2, -0.15) is 0 Å². The molecule has 7 nitrogen and oxygen atoms in total. The van der Waals surface area contributed by atoms with Crippen molar-refractivity contribution in [3.63, 3.8) is 0 Å². The zero-order chi connectivity index (χ0) is 20.3. The van der Waals surface area contributed by atoms with Gasteiger partial charge in [-0.1, -0.05) is 0 Å². The van der Waals surface area contributed by atoms with Gasteiger partial charge in [-0.3, -0.25) is 9.52 Å². The van der Waals surface area contributed by atoms with Crippen molar-refractivity contribution in [2.45, 2.75) is 18.4 Å². The first-order chi connectivity index (χ1) is 13.3. The highest BCUT2D eigenvalue weighted by Gasteiger charge is 2.15. The number of carbonyl (C=O) groups excluding carboxylic acids is 1. The summed E-state index contributed by atoms with van der Waals surface area (Å²) in [5, 5.41) is 0.846. The summed E-state index contributed by atoms with van der Waals surface area (Å²) in [7, 11) is -0.290. The van der Waals surface area contributed by atoms with Gasteiger partial charge in [-0.05, 0) is 55.5 Å². The summed E-state index contributed by atoms with van der Waals surface area (Å²) in [6, 6.07) is 13.4. The van der Waals surface area contributed by atoms with Gasteiger partial charge in [0.05, 0.1) is 11.5 Å². The zero-order valence-corrected chi connectivity index (χ0v) is 16.9. The van der Waals surface area contributed by atoms with Gasteiger partial charge in [0, 0.05) is 36.9 Å². The third kappa shape index (κ3) is 4.28. The Morgan fingerprint density at radius 2 is 1.82 bits per heavy atom. The summed E-state index contributed by atoms with van der Waals surface area (Å²) >= 11 is 0. The average Bonchev–Trinajstić information content (AvgIpc) is 3.04. The number of rotatable bonds is 7. The largest absolute Gasteiger partial charge is 0.494 e. The van der Waals surface area contributed by atoms with Crippen LogP contribution in [0.4, 0.5) is 5.69 Å². The molecule has 0 spiro atoms. The van der Waals surface area contributed by atoms with Crippen LogP contribution < -0.4 is 9.46 Å². The van der Waals surface area contributed by atoms with E-state index in [4.69, 9.17) is 4.74 Å². The molecule has 0 atom stereocenters. The summed E-state index contributed by atoms with van der Waals surface area (Å²) in [4.78, 5) is 13.6. The molecule has 1 N–H and O–H groups in total. The lowest BCUT2D eigenvalue weighted by atomic mass is 10.2. The van der Waals surface area contributed by atoms with E-state index in [1.165, 1.54) is 17.0 Å². The summed E-state index contributed by atoms with van der Waals surface area (Å²) in [6.07, 6.45) is 1.82. The number of likely N-dealkylation sites (N-methyl/N-ethyl adjacent to an activating group) is 1. The van der Waals surface area contributed by atoms with Crippen molar-refractivity contribution in [1.29, 1.82) is 0 Å². The fourth-order valence-corrected chi connectivity index (χ4v) is 3.83. The third-order valence-electron chi connectivity index (χ3n) is 4.27. The number of ether oxygens (including phenoxy) is 1. The van der Waals surface area contributed by atoms with Gasteiger partial charge < -0.3 is 14.2 Å². The lowest BCUT2D eigenvalue weighted by Gasteiger charge is -2.12. The minimum absolute atomic E-state index is 0.0159. The number of benzene rings is 2. The van der Waals surface area contributed by atoms with Crippen LogP contribution in [0.3, 0.4) is 0 Å². The van der Waals surface area contributed by atoms with Gasteiger partial charge in [0.15, 0.2) is 0 Å². The molecule has 1 heterocycles. The van der Waals surface area contributed by atoms with Crippen LogP contribution >= 0.6 is 0 Å². The van der Waals surface area contributed by atoms with Gasteiger partial charge in [-0.25, -0.2) is 8.42 Å². The van der Waals surface area contributed by atoms with Crippen LogP contribution in [0.5, 0.6) is 5.75 Å². The zero-order valence-electron chi connectivity index (χ0n) is 16.0. The molecule has 0 bridgehead atoms. The molecular weight excluding hydrogens is 378 g/mol. The highest BCUT2D eigenvalue weighted by Crippen LogP contribution is 2.24. The van der Waals surface area contributed by atoms with Crippen molar-refractivity contribution in [1.82, 2.24) is 9.47 Å². The number of anilines is 1. The van der Waals surface area contributed by atoms with Crippen molar-refractivity contribution in [2.24, 2.45) is 0 Å². The molecule has 28 heavy (non-hydrogen) atoms. The van der Waals surface area contributed by atoms with E-state index in [0.29, 0.717) is 18.0 Å². The Balaban J connectivity index is 1.81. The highest BCUT2D eigenvalue weighted by molar-refractivity contribution is 7.92. The first-order valence-electron chi connectivity index (χ1n) is 8.85. The van der Waals surface area contributed by atoms with Crippen LogP contribution in [0, 0.1) is 0 Å². The van der Waals surface area contributed by atoms with E-state index < -0.39 is 10.0 Å². The van der Waals surface area contributed by atoms with Crippen molar-refractivity contribution in [3.05, 3.63) is 54.7 Å². The molecule has 3 aromatic rings. The minimum Gasteiger partial charge on any atom is -0.494 e. The first-order valence-corrected chi connectivity index (χ1v) is 10.3. The number of amides is 1. The predicted molar refractivity (Wildman–Crippen MR) is 109 cm³/mol. The lowest BCUT2D eigenvalue weighted by Crippen LogP contribution is -2.25. The van der Waals surface area contributed by atoms with Crippen LogP contribution in [-0.4, -0.2) is 44.5 Å². The normalized spacial score (nSPS) is 11.4. The Bertz CT molecular complexity index is 1090. The molecule has 148 valence electrons. The molecule has 3 rings (SSSR count). The van der Waals surface area contributed by atoms with Crippen molar-refractivity contribution in [2.75, 3.05) is 25.4 Å². The molecule has 0 saturated heterocycles. The predicted octanol–water partition coefficient (Wildman–Crippen LogP) is 2.93. The Labute approximate surface area is 164 Å². The van der Waals surface area contributed by atoms with Gasteiger partial charge in [0.2, 0.25) is 5.91 Å². The van der Waals surface area contributed by atoms with Crippen molar-refractivity contribution in [3.8, 4) is 5.75 Å². The Morgan fingerprint density at radius 3 is 2.46 bits per heavy atom. The maximum atomic E-state index is 12.6. The van der Waals surface area contributed by atoms with E-state index in [0.717, 1.165) is 10.9 Å². The first kappa shape index (κ1) is 19.8. The number of nitrogens with one attached hydrogen (secondary N) is 1. The Kier molecular flexibility index (Phi) is 5.60. The maximum Gasteiger partial charge on any atom is 0.261 e. The molecule has 0 saturated carbocycles. The number of hydrogen-bond donors (Lipinski definition) is 1. The topological polar surface area (TPSA) is 80.6 Å². The highest BCUT2D eigenvalue weighted by atomic mass is 32.2. The van der Waals surface area contributed by atoms with E-state index in [1.54, 1.807) is 44.4 Å². The Morgan fingerprint density at radius 1 is 1.11 bits per heavy atom. The Hall–Kier alpha value is -3.00. The molecule has 0 unspecified atom stereocenters. The minimum atomic E-state index is -3.71. The summed E-state index contributed by atoms with van der Waals surface area (Å²) in [5.41, 5.74) is 1.32. The average molecular weight is 401 g/mol. The number of fused-ring (bicyclic) bond motifs is 1. The number of nitrogens with zero attached hydrogens (tertiary/aromatic N) is 2. The van der Waals surface area contributed by atoms with Gasteiger partial charge in [0.1, 0.15) is 12.3 Å². The van der Waals surface area contributed by atoms with E-state index in [9.17, 15) is 13.2 Å². The second-order valence-corrected chi connectivity index (χ2v) is 8.20. The molecule has 0 fully saturated rings. The number of carbonyl (C=O) groups is 1. The summed E-state index contributed by atoms with van der Waals surface area (Å²) in [5.74, 6) is 0.606. The van der Waals surface area contributed by atoms with Gasteiger partial charge in [0.25, 0.3) is 10.0 Å². The van der Waals surface area contributed by atoms with E-state index in [2.05, 4.69) is 4.72 Å². The van der Waals surface area contributed by atoms with Crippen LogP contribution in [0.15, 0.2) is 59.6 Å². The standard InChI is InChI=1S/C20H23N3O4S/c1-4-27-17-6-8-18(9-7-17)28(25,26)21-16-5-10-19-15(13-16)11-12-23(19)14-20(24)22(2)3/h5-13,21H,4,14H2,1-3H3. The molecule has 0 aliphatic rings. The summed E-state index contributed by atoms with van der Waals surface area (Å²) in [6.45, 7) is 2.62. The maximum absolute atomic E-state index is 12.6. The molecule has 0 aliphatic heterocycles. The van der Waals surface area contributed by atoms with Crippen LogP contribution in [0.1, 0.15) is 6.92 Å². The quantitative estimate of drug-likeness (QED) is 0.660. The lowest BCUT2D eigenvalue weighted by molar-refractivity contribution is -0.129. The second-order valence-electron chi connectivity index (χ2n) is 6.52. The van der Waals surface area contributed by atoms with E-state index >= 15 is 0 Å². The van der Waals surface area contributed by atoms with Crippen molar-refractivity contribution < 1.29 is 17.9 Å². The monoisotopic (exact) mass is 401 g/mol. The van der Waals surface area contributed by atoms with Crippen molar-refractivity contribution >= 4 is 32.5 Å². The fourth-order valence-electron chi connectivity index (χ4n) is 2.78. The molecule has 2 aromatic carbocycles. The molecular formula is C20H23N3O4S. The SMILES string of the molecule is CCOc1ccc(S(=O)(=O)Nc2ccc3c(ccn3CC(=O)N(C)C)c2)cc1. The second kappa shape index (κ2) is 7.93. The molecule has 1 aromatic heterocycles. The fraction of sp³-hybridized carbons (Fsp3) is 0.250. The van der Waals surface area contributed by atoms with E-state index in [1.807, 2.05) is 23.8 Å². The number of aromatic nitrogens is 1. The molecule has 8 heteroatoms. The summed E-state index contributed by atoms with van der Waals surface area (Å²) < 4.78 is 35.0. The van der Waals surface area contributed by atoms with Crippen LogP contribution in [0.25, 0.3) is 10.9 Å². The van der Waals surface area contributed by atoms with E-state index in [-0.39, 0.29) is 17.3 Å². The number of sulfonamides is 1. The number of hydrogen-bond acceptors (Lipinski definition) is 4. The van der Waals surface area contributed by atoms with Crippen LogP contribution in [0.2, 0.25) is 0 Å². The van der Waals surface area contributed by atoms with Gasteiger partial charge >= 0.3 is 0 Å². The smallest absolute Gasteiger partial charge is 0.261 e. The third-order valence-corrected chi connectivity index (χ3v) is 5.67. The van der Waals surface area contributed by atoms with Crippen LogP contribution in [-0.2, 0) is 21.4 Å².